The van der Waals surface area contributed by atoms with Gasteiger partial charge in [0.05, 0.1) is 22.9 Å². The van der Waals surface area contributed by atoms with Crippen LogP contribution in [-0.2, 0) is 14.1 Å². The quantitative estimate of drug-likeness (QED) is 0.311. The first-order valence-electron chi connectivity index (χ1n) is 11.3. The van der Waals surface area contributed by atoms with Crippen LogP contribution in [0.5, 0.6) is 5.88 Å². The average molecular weight is 494 g/mol. The number of amides is 2. The van der Waals surface area contributed by atoms with E-state index in [0.29, 0.717) is 0 Å². The summed E-state index contributed by atoms with van der Waals surface area (Å²) in [5.74, 6) is -2.00. The van der Waals surface area contributed by atoms with Gasteiger partial charge in [0.1, 0.15) is 0 Å². The van der Waals surface area contributed by atoms with Crippen LogP contribution in [0.25, 0.3) is 0 Å². The van der Waals surface area contributed by atoms with Crippen molar-refractivity contribution in [2.45, 2.75) is 6.04 Å². The summed E-state index contributed by atoms with van der Waals surface area (Å²) in [7, 11) is 2.44. The Morgan fingerprint density at radius 2 is 1.30 bits per heavy atom. The zero-order valence-corrected chi connectivity index (χ0v) is 19.9. The van der Waals surface area contributed by atoms with E-state index in [4.69, 9.17) is 0 Å². The van der Waals surface area contributed by atoms with Crippen molar-refractivity contribution >= 4 is 23.2 Å². The molecular weight excluding hydrogens is 474 g/mol. The second-order valence-corrected chi connectivity index (χ2v) is 8.46. The Balaban J connectivity index is 1.61. The summed E-state index contributed by atoms with van der Waals surface area (Å²) in [5, 5.41) is 20.3. The predicted molar refractivity (Wildman–Crippen MR) is 132 cm³/mol. The van der Waals surface area contributed by atoms with Gasteiger partial charge >= 0.3 is 5.69 Å². The minimum Gasteiger partial charge on any atom is -0.858 e. The molecule has 5 rings (SSSR count). The molecule has 184 valence electrons. The van der Waals surface area contributed by atoms with E-state index in [1.54, 1.807) is 6.07 Å². The largest absolute Gasteiger partial charge is 0.858 e. The Morgan fingerprint density at radius 1 is 0.703 bits per heavy atom. The van der Waals surface area contributed by atoms with Gasteiger partial charge in [-0.05, 0) is 23.3 Å². The van der Waals surface area contributed by atoms with E-state index in [0.717, 1.165) is 20.3 Å². The van der Waals surface area contributed by atoms with Crippen molar-refractivity contribution < 1.29 is 14.7 Å². The number of imide groups is 1. The molecular formula is C27H20N5O5-. The number of carbonyl (C=O) groups is 2. The van der Waals surface area contributed by atoms with Crippen LogP contribution in [0.3, 0.4) is 0 Å². The second kappa shape index (κ2) is 9.15. The van der Waals surface area contributed by atoms with Crippen LogP contribution in [0.1, 0.15) is 37.9 Å². The zero-order valence-electron chi connectivity index (χ0n) is 19.9. The van der Waals surface area contributed by atoms with Gasteiger partial charge < -0.3 is 9.67 Å². The van der Waals surface area contributed by atoms with Crippen LogP contribution in [0.2, 0.25) is 0 Å². The van der Waals surface area contributed by atoms with Crippen LogP contribution >= 0.6 is 0 Å². The topological polar surface area (TPSA) is 129 Å². The van der Waals surface area contributed by atoms with Crippen LogP contribution < -0.4 is 16.4 Å². The smallest absolute Gasteiger partial charge is 0.330 e. The maximum atomic E-state index is 13.7. The van der Waals surface area contributed by atoms with Crippen molar-refractivity contribution in [2.24, 2.45) is 24.3 Å². The van der Waals surface area contributed by atoms with E-state index in [2.05, 4.69) is 10.2 Å². The van der Waals surface area contributed by atoms with E-state index in [9.17, 15) is 24.3 Å². The van der Waals surface area contributed by atoms with E-state index < -0.39 is 40.7 Å². The lowest BCUT2D eigenvalue weighted by atomic mass is 9.97. The van der Waals surface area contributed by atoms with Gasteiger partial charge in [-0.25, -0.2) is 4.79 Å². The molecule has 0 saturated carbocycles. The van der Waals surface area contributed by atoms with Crippen LogP contribution in [0.15, 0.2) is 98.7 Å². The molecule has 0 aliphatic carbocycles. The first-order valence-corrected chi connectivity index (χ1v) is 11.3. The number of benzene rings is 3. The third-order valence-corrected chi connectivity index (χ3v) is 6.26. The number of azo groups is 1. The van der Waals surface area contributed by atoms with Crippen molar-refractivity contribution in [3.05, 3.63) is 122 Å². The van der Waals surface area contributed by atoms with E-state index in [1.165, 1.54) is 31.1 Å². The molecule has 0 spiro atoms. The summed E-state index contributed by atoms with van der Waals surface area (Å²) in [6.45, 7) is 0. The molecule has 4 aromatic rings. The Bertz CT molecular complexity index is 1650. The Hall–Kier alpha value is -5.12. The Morgan fingerprint density at radius 3 is 1.89 bits per heavy atom. The van der Waals surface area contributed by atoms with Crippen molar-refractivity contribution in [1.29, 1.82) is 0 Å². The minimum atomic E-state index is -0.915. The van der Waals surface area contributed by atoms with Gasteiger partial charge in [-0.1, -0.05) is 66.7 Å². The third-order valence-electron chi connectivity index (χ3n) is 6.26. The first-order chi connectivity index (χ1) is 17.8. The number of hydrogen-bond acceptors (Lipinski definition) is 7. The van der Waals surface area contributed by atoms with E-state index >= 15 is 0 Å². The molecule has 1 aliphatic heterocycles. The lowest BCUT2D eigenvalue weighted by molar-refractivity contribution is -0.278. The molecule has 0 saturated heterocycles. The van der Waals surface area contributed by atoms with Gasteiger partial charge in [0.15, 0.2) is 5.69 Å². The fourth-order valence-electron chi connectivity index (χ4n) is 4.36. The first kappa shape index (κ1) is 23.6. The van der Waals surface area contributed by atoms with Gasteiger partial charge in [-0.2, -0.15) is 0 Å². The lowest BCUT2D eigenvalue weighted by Gasteiger charge is -2.27. The van der Waals surface area contributed by atoms with Crippen LogP contribution in [-0.4, -0.2) is 25.8 Å². The summed E-state index contributed by atoms with van der Waals surface area (Å²) >= 11 is 0. The summed E-state index contributed by atoms with van der Waals surface area (Å²) < 4.78 is 1.48. The number of aromatic nitrogens is 2. The highest BCUT2D eigenvalue weighted by molar-refractivity contribution is 6.23. The monoisotopic (exact) mass is 494 g/mol. The fraction of sp³-hybridized carbons (Fsp3) is 0.111. The van der Waals surface area contributed by atoms with Gasteiger partial charge in [0.2, 0.25) is 0 Å². The van der Waals surface area contributed by atoms with Gasteiger partial charge in [0, 0.05) is 20.0 Å². The molecule has 0 unspecified atom stereocenters. The van der Waals surface area contributed by atoms with Crippen molar-refractivity contribution in [1.82, 2.24) is 14.0 Å². The molecule has 3 aromatic carbocycles. The van der Waals surface area contributed by atoms with Gasteiger partial charge in [-0.15, -0.1) is 10.2 Å². The third kappa shape index (κ3) is 3.84. The van der Waals surface area contributed by atoms with E-state index in [1.807, 2.05) is 60.7 Å². The molecule has 1 aromatic heterocycles. The number of rotatable bonds is 5. The molecule has 37 heavy (non-hydrogen) atoms. The summed E-state index contributed by atoms with van der Waals surface area (Å²) in [4.78, 5) is 52.9. The van der Waals surface area contributed by atoms with Crippen LogP contribution in [0.4, 0.5) is 11.4 Å². The summed E-state index contributed by atoms with van der Waals surface area (Å²) in [6, 6.07) is 22.2. The Labute approximate surface area is 210 Å². The maximum absolute atomic E-state index is 13.7. The fourth-order valence-corrected chi connectivity index (χ4v) is 4.36. The normalized spacial score (nSPS) is 13.1. The van der Waals surface area contributed by atoms with Crippen molar-refractivity contribution in [2.75, 3.05) is 0 Å². The van der Waals surface area contributed by atoms with Crippen molar-refractivity contribution in [3.8, 4) is 5.88 Å². The molecule has 0 N–H and O–H groups in total. The molecule has 10 nitrogen and oxygen atoms in total. The molecule has 0 radical (unpaired) electrons. The number of nitrogens with zero attached hydrogens (tertiary/aromatic N) is 5. The zero-order chi connectivity index (χ0) is 26.3. The molecule has 2 heterocycles. The number of hydrogen-bond donors (Lipinski definition) is 0. The van der Waals surface area contributed by atoms with Gasteiger partial charge in [0.25, 0.3) is 17.4 Å². The highest BCUT2D eigenvalue weighted by Crippen LogP contribution is 2.39. The number of fused-ring (bicyclic) bond motifs is 1. The number of carbonyl (C=O) groups excluding carboxylic acids is 2. The summed E-state index contributed by atoms with van der Waals surface area (Å²) in [6.07, 6.45) is 0. The lowest BCUT2D eigenvalue weighted by Crippen LogP contribution is -2.37. The van der Waals surface area contributed by atoms with E-state index in [-0.39, 0.29) is 16.8 Å². The van der Waals surface area contributed by atoms with Crippen LogP contribution in [0, 0.1) is 0 Å². The maximum Gasteiger partial charge on any atom is 0.330 e. The molecule has 10 heteroatoms. The minimum absolute atomic E-state index is 0.0159. The Kier molecular flexibility index (Phi) is 5.84. The highest BCUT2D eigenvalue weighted by atomic mass is 16.3. The second-order valence-electron chi connectivity index (χ2n) is 8.46. The molecule has 0 atom stereocenters. The standard InChI is InChI=1S/C27H21N5O5/c1-30-25(35)21(26(36)31(2)27(30)37)29-28-19-15-9-14-18-20(19)24(34)32(23(18)33)22(16-10-5-3-6-11-16)17-12-7-4-8-13-17/h3-15,22,35H,1-2H3/p-1. The molecule has 2 amide bonds. The average Bonchev–Trinajstić information content (AvgIpc) is 3.18. The van der Waals surface area contributed by atoms with Crippen molar-refractivity contribution in [3.63, 3.8) is 0 Å². The SMILES string of the molecule is Cn1c([O-])c(N=Nc2cccc3c2C(=O)N(C(c2ccccc2)c2ccccc2)C3=O)c(=O)n(C)c1=O. The summed E-state index contributed by atoms with van der Waals surface area (Å²) in [5.41, 5.74) is -0.625. The highest BCUT2D eigenvalue weighted by Gasteiger charge is 2.42. The molecule has 0 bridgehead atoms. The molecule has 0 fully saturated rings. The predicted octanol–water partition coefficient (Wildman–Crippen LogP) is 2.96. The van der Waals surface area contributed by atoms with Gasteiger partial charge in [-0.3, -0.25) is 23.9 Å². The molecule has 1 aliphatic rings.